The monoisotopic (exact) mass is 510 g/mol. The van der Waals surface area contributed by atoms with Crippen molar-refractivity contribution >= 4 is 5.82 Å². The molecular formula is C28H42N6O3. The summed E-state index contributed by atoms with van der Waals surface area (Å²) in [6.45, 7) is 10.3. The summed E-state index contributed by atoms with van der Waals surface area (Å²) in [5.41, 5.74) is 2.63. The highest BCUT2D eigenvalue weighted by Crippen LogP contribution is 2.28. The van der Waals surface area contributed by atoms with Crippen molar-refractivity contribution in [2.24, 2.45) is 5.92 Å². The number of aliphatic hydroxyl groups is 1. The normalized spacial score (nSPS) is 12.2. The number of hydrogen-bond acceptors (Lipinski definition) is 8. The molecule has 2 aromatic heterocycles. The quantitative estimate of drug-likeness (QED) is 0.300. The van der Waals surface area contributed by atoms with Gasteiger partial charge in [-0.1, -0.05) is 39.3 Å². The fourth-order valence-electron chi connectivity index (χ4n) is 3.95. The Morgan fingerprint density at radius 3 is 2.70 bits per heavy atom. The molecule has 0 aliphatic carbocycles. The van der Waals surface area contributed by atoms with Crippen molar-refractivity contribution in [1.29, 1.82) is 0 Å². The van der Waals surface area contributed by atoms with E-state index in [-0.39, 0.29) is 6.61 Å². The summed E-state index contributed by atoms with van der Waals surface area (Å²) in [5.74, 6) is 2.63. The van der Waals surface area contributed by atoms with Gasteiger partial charge in [0.1, 0.15) is 24.3 Å². The Labute approximate surface area is 220 Å². The number of benzene rings is 1. The molecule has 0 spiro atoms. The van der Waals surface area contributed by atoms with Crippen LogP contribution in [-0.4, -0.2) is 78.0 Å². The molecule has 0 amide bonds. The molecule has 0 aliphatic rings. The summed E-state index contributed by atoms with van der Waals surface area (Å²) < 4.78 is 13.2. The fourth-order valence-corrected chi connectivity index (χ4v) is 3.95. The van der Waals surface area contributed by atoms with Gasteiger partial charge in [0.05, 0.1) is 18.5 Å². The van der Waals surface area contributed by atoms with Crippen LogP contribution in [0.15, 0.2) is 42.7 Å². The lowest BCUT2D eigenvalue weighted by Crippen LogP contribution is -2.29. The molecule has 1 atom stereocenters. The van der Waals surface area contributed by atoms with E-state index >= 15 is 0 Å². The highest BCUT2D eigenvalue weighted by Gasteiger charge is 2.16. The van der Waals surface area contributed by atoms with Gasteiger partial charge in [-0.2, -0.15) is 5.10 Å². The number of rotatable bonds is 16. The van der Waals surface area contributed by atoms with Crippen LogP contribution >= 0.6 is 0 Å². The highest BCUT2D eigenvalue weighted by atomic mass is 16.5. The third kappa shape index (κ3) is 8.80. The first-order valence-corrected chi connectivity index (χ1v) is 13.1. The van der Waals surface area contributed by atoms with Crippen LogP contribution in [0, 0.1) is 5.92 Å². The number of likely N-dealkylation sites (N-methyl/N-ethyl adjacent to an activating group) is 1. The molecule has 2 N–H and O–H groups in total. The van der Waals surface area contributed by atoms with Gasteiger partial charge in [0.2, 0.25) is 0 Å². The van der Waals surface area contributed by atoms with E-state index in [1.807, 2.05) is 47.4 Å². The molecule has 2 heterocycles. The second-order valence-corrected chi connectivity index (χ2v) is 9.66. The number of ether oxygens (including phenoxy) is 2. The van der Waals surface area contributed by atoms with Crippen molar-refractivity contribution in [1.82, 2.24) is 25.1 Å². The second kappa shape index (κ2) is 14.7. The topological polar surface area (TPSA) is 97.6 Å². The Hall–Kier alpha value is -3.01. The van der Waals surface area contributed by atoms with Gasteiger partial charge in [-0.25, -0.2) is 9.97 Å². The lowest BCUT2D eigenvalue weighted by atomic mass is 10.1. The van der Waals surface area contributed by atoms with Crippen LogP contribution in [0.25, 0.3) is 22.6 Å². The first kappa shape index (κ1) is 28.6. The second-order valence-electron chi connectivity index (χ2n) is 9.66. The number of unbranched alkanes of at least 4 members (excludes halogenated alkanes) is 1. The standard InChI is InChI=1S/C28H42N6O3/c1-6-7-11-33(12-13-36-5)27-15-26(23-16-30-34(19-23)18-21(2)3)31-28(32-27)22-9-8-10-25(14-22)37-20-24(35)17-29-4/h8-10,14-16,19,21,24,29,35H,6-7,11-13,17-18,20H2,1-5H3. The minimum absolute atomic E-state index is 0.202. The summed E-state index contributed by atoms with van der Waals surface area (Å²) in [5, 5.41) is 17.5. The molecule has 1 aromatic carbocycles. The molecule has 0 bridgehead atoms. The molecule has 0 fully saturated rings. The number of hydrogen-bond donors (Lipinski definition) is 2. The average Bonchev–Trinajstić information content (AvgIpc) is 3.35. The van der Waals surface area contributed by atoms with Crippen molar-refractivity contribution in [2.75, 3.05) is 51.9 Å². The van der Waals surface area contributed by atoms with Crippen LogP contribution in [0.2, 0.25) is 0 Å². The molecule has 9 heteroatoms. The van der Waals surface area contributed by atoms with Crippen LogP contribution in [0.3, 0.4) is 0 Å². The lowest BCUT2D eigenvalue weighted by molar-refractivity contribution is 0.108. The van der Waals surface area contributed by atoms with Crippen molar-refractivity contribution in [3.8, 4) is 28.4 Å². The Balaban J connectivity index is 1.99. The Morgan fingerprint density at radius 1 is 1.14 bits per heavy atom. The highest BCUT2D eigenvalue weighted by molar-refractivity contribution is 5.67. The zero-order chi connectivity index (χ0) is 26.6. The minimum Gasteiger partial charge on any atom is -0.491 e. The number of aliphatic hydroxyl groups excluding tert-OH is 1. The maximum atomic E-state index is 10.0. The van der Waals surface area contributed by atoms with E-state index in [4.69, 9.17) is 19.4 Å². The van der Waals surface area contributed by atoms with E-state index in [0.717, 1.165) is 55.1 Å². The van der Waals surface area contributed by atoms with Gasteiger partial charge in [0.15, 0.2) is 5.82 Å². The molecule has 1 unspecified atom stereocenters. The van der Waals surface area contributed by atoms with E-state index < -0.39 is 6.10 Å². The average molecular weight is 511 g/mol. The maximum Gasteiger partial charge on any atom is 0.162 e. The first-order valence-electron chi connectivity index (χ1n) is 13.1. The lowest BCUT2D eigenvalue weighted by Gasteiger charge is -2.24. The number of nitrogens with one attached hydrogen (secondary N) is 1. The van der Waals surface area contributed by atoms with Gasteiger partial charge in [-0.15, -0.1) is 0 Å². The molecule has 37 heavy (non-hydrogen) atoms. The van der Waals surface area contributed by atoms with Crippen LogP contribution in [-0.2, 0) is 11.3 Å². The third-order valence-electron chi connectivity index (χ3n) is 5.84. The Kier molecular flexibility index (Phi) is 11.3. The minimum atomic E-state index is -0.588. The van der Waals surface area contributed by atoms with Gasteiger partial charge in [-0.05, 0) is 31.5 Å². The largest absolute Gasteiger partial charge is 0.491 e. The van der Waals surface area contributed by atoms with E-state index in [0.29, 0.717) is 30.6 Å². The van der Waals surface area contributed by atoms with Gasteiger partial charge in [-0.3, -0.25) is 4.68 Å². The molecule has 0 saturated carbocycles. The maximum absolute atomic E-state index is 10.0. The van der Waals surface area contributed by atoms with Crippen LogP contribution in [0.5, 0.6) is 5.75 Å². The zero-order valence-corrected chi connectivity index (χ0v) is 22.9. The number of nitrogens with zero attached hydrogens (tertiary/aromatic N) is 5. The Morgan fingerprint density at radius 2 is 1.97 bits per heavy atom. The van der Waals surface area contributed by atoms with E-state index in [1.165, 1.54) is 0 Å². The molecule has 9 nitrogen and oxygen atoms in total. The predicted octanol–water partition coefficient (Wildman–Crippen LogP) is 3.88. The predicted molar refractivity (Wildman–Crippen MR) is 148 cm³/mol. The molecular weight excluding hydrogens is 468 g/mol. The zero-order valence-electron chi connectivity index (χ0n) is 22.9. The van der Waals surface area contributed by atoms with Crippen molar-refractivity contribution in [3.05, 3.63) is 42.7 Å². The van der Waals surface area contributed by atoms with Crippen LogP contribution in [0.1, 0.15) is 33.6 Å². The molecule has 0 radical (unpaired) electrons. The van der Waals surface area contributed by atoms with Gasteiger partial charge >= 0.3 is 0 Å². The van der Waals surface area contributed by atoms with Gasteiger partial charge in [0.25, 0.3) is 0 Å². The number of anilines is 1. The van der Waals surface area contributed by atoms with Gasteiger partial charge < -0.3 is 24.8 Å². The molecule has 0 aliphatic heterocycles. The van der Waals surface area contributed by atoms with Crippen LogP contribution in [0.4, 0.5) is 5.82 Å². The summed E-state index contributed by atoms with van der Waals surface area (Å²) in [4.78, 5) is 12.2. The summed E-state index contributed by atoms with van der Waals surface area (Å²) in [6.07, 6.45) is 5.48. The summed E-state index contributed by atoms with van der Waals surface area (Å²) >= 11 is 0. The van der Waals surface area contributed by atoms with Crippen molar-refractivity contribution in [3.63, 3.8) is 0 Å². The number of aromatic nitrogens is 4. The number of methoxy groups -OCH3 is 1. The smallest absolute Gasteiger partial charge is 0.162 e. The van der Waals surface area contributed by atoms with E-state index in [2.05, 4.69) is 36.1 Å². The summed E-state index contributed by atoms with van der Waals surface area (Å²) in [7, 11) is 3.52. The van der Waals surface area contributed by atoms with Crippen LogP contribution < -0.4 is 15.0 Å². The Bertz CT molecular complexity index is 1080. The van der Waals surface area contributed by atoms with Crippen molar-refractivity contribution in [2.45, 2.75) is 46.3 Å². The van der Waals surface area contributed by atoms with E-state index in [1.54, 1.807) is 14.2 Å². The van der Waals surface area contributed by atoms with Crippen molar-refractivity contribution < 1.29 is 14.6 Å². The van der Waals surface area contributed by atoms with E-state index in [9.17, 15) is 5.11 Å². The summed E-state index contributed by atoms with van der Waals surface area (Å²) in [6, 6.07) is 9.74. The third-order valence-corrected chi connectivity index (χ3v) is 5.84. The SMILES string of the molecule is CCCCN(CCOC)c1cc(-c2cnn(CC(C)C)c2)nc(-c2cccc(OCC(O)CNC)c2)n1. The van der Waals surface area contributed by atoms with Gasteiger partial charge in [0, 0.05) is 56.7 Å². The molecule has 3 rings (SSSR count). The fraction of sp³-hybridized carbons (Fsp3) is 0.536. The molecule has 0 saturated heterocycles. The first-order chi connectivity index (χ1) is 17.9. The molecule has 3 aromatic rings. The molecule has 202 valence electrons.